The first-order valence-corrected chi connectivity index (χ1v) is 12.0. The van der Waals surface area contributed by atoms with Crippen LogP contribution >= 0.6 is 15.9 Å². The van der Waals surface area contributed by atoms with Gasteiger partial charge in [0.25, 0.3) is 0 Å². The summed E-state index contributed by atoms with van der Waals surface area (Å²) in [7, 11) is 0. The van der Waals surface area contributed by atoms with Crippen LogP contribution in [0.4, 0.5) is 0 Å². The Morgan fingerprint density at radius 2 is 1.77 bits per heavy atom. The van der Waals surface area contributed by atoms with Crippen LogP contribution in [0, 0.1) is 0 Å². The maximum atomic E-state index is 13.2. The topological polar surface area (TPSA) is 87.0 Å². The molecule has 0 spiro atoms. The number of fused-ring (bicyclic) bond motifs is 5. The van der Waals surface area contributed by atoms with Gasteiger partial charge in [0.15, 0.2) is 5.78 Å². The molecule has 0 N–H and O–H groups in total. The molecular formula is C27H21BrN2O5. The van der Waals surface area contributed by atoms with E-state index in [1.165, 1.54) is 6.92 Å². The van der Waals surface area contributed by atoms with Crippen molar-refractivity contribution in [2.24, 2.45) is 5.16 Å². The fraction of sp³-hybridized carbons (Fsp3) is 0.185. The fourth-order valence-electron chi connectivity index (χ4n) is 4.46. The minimum atomic E-state index is -0.597. The van der Waals surface area contributed by atoms with E-state index in [9.17, 15) is 14.4 Å². The van der Waals surface area contributed by atoms with E-state index in [1.54, 1.807) is 18.2 Å². The highest BCUT2D eigenvalue weighted by molar-refractivity contribution is 9.10. The van der Waals surface area contributed by atoms with Crippen LogP contribution in [0.2, 0.25) is 0 Å². The molecule has 5 rings (SSSR count). The molecule has 7 nitrogen and oxygen atoms in total. The smallest absolute Gasteiger partial charge is 0.331 e. The third kappa shape index (κ3) is 4.04. The van der Waals surface area contributed by atoms with Gasteiger partial charge in [0.1, 0.15) is 11.5 Å². The number of aromatic nitrogens is 1. The highest BCUT2D eigenvalue weighted by Gasteiger charge is 2.28. The summed E-state index contributed by atoms with van der Waals surface area (Å²) in [6.45, 7) is 4.17. The number of hydrogen-bond donors (Lipinski definition) is 0. The van der Waals surface area contributed by atoms with Crippen LogP contribution in [-0.4, -0.2) is 34.4 Å². The number of oxime groups is 1. The molecule has 0 aliphatic carbocycles. The van der Waals surface area contributed by atoms with Crippen molar-refractivity contribution in [1.29, 1.82) is 0 Å². The fourth-order valence-corrected chi connectivity index (χ4v) is 4.73. The van der Waals surface area contributed by atoms with Gasteiger partial charge >= 0.3 is 5.97 Å². The first kappa shape index (κ1) is 23.0. The Kier molecular flexibility index (Phi) is 5.98. The largest absolute Gasteiger partial charge is 0.492 e. The number of hydrogen-bond acceptors (Lipinski definition) is 6. The van der Waals surface area contributed by atoms with Gasteiger partial charge in [-0.05, 0) is 61.5 Å². The van der Waals surface area contributed by atoms with Gasteiger partial charge in [-0.15, -0.1) is 0 Å². The zero-order valence-electron chi connectivity index (χ0n) is 19.1. The van der Waals surface area contributed by atoms with E-state index < -0.39 is 5.97 Å². The monoisotopic (exact) mass is 532 g/mol. The van der Waals surface area contributed by atoms with Crippen molar-refractivity contribution in [1.82, 2.24) is 4.57 Å². The van der Waals surface area contributed by atoms with E-state index in [1.807, 2.05) is 43.3 Å². The lowest BCUT2D eigenvalue weighted by atomic mass is 9.99. The zero-order valence-corrected chi connectivity index (χ0v) is 20.7. The van der Waals surface area contributed by atoms with Crippen molar-refractivity contribution in [2.75, 3.05) is 6.61 Å². The number of ether oxygens (including phenoxy) is 1. The molecule has 0 atom stereocenters. The molecule has 176 valence electrons. The van der Waals surface area contributed by atoms with E-state index in [4.69, 9.17) is 9.57 Å². The third-order valence-corrected chi connectivity index (χ3v) is 6.57. The summed E-state index contributed by atoms with van der Waals surface area (Å²) in [6, 6.07) is 16.5. The molecule has 3 aromatic carbocycles. The van der Waals surface area contributed by atoms with Crippen molar-refractivity contribution < 1.29 is 24.0 Å². The van der Waals surface area contributed by atoms with Gasteiger partial charge < -0.3 is 14.1 Å². The Labute approximate surface area is 209 Å². The number of halogens is 1. The van der Waals surface area contributed by atoms with Gasteiger partial charge in [-0.2, -0.15) is 0 Å². The molecule has 1 aromatic heterocycles. The highest BCUT2D eigenvalue weighted by atomic mass is 79.9. The number of rotatable bonds is 4. The average molecular weight is 533 g/mol. The molecule has 1 aliphatic rings. The second-order valence-electron chi connectivity index (χ2n) is 8.20. The van der Waals surface area contributed by atoms with Crippen LogP contribution in [0.5, 0.6) is 5.75 Å². The Morgan fingerprint density at radius 1 is 1.06 bits per heavy atom. The Morgan fingerprint density at radius 3 is 2.49 bits per heavy atom. The van der Waals surface area contributed by atoms with Crippen molar-refractivity contribution >= 4 is 61.0 Å². The Hall–Kier alpha value is -3.78. The quantitative estimate of drug-likeness (QED) is 0.191. The molecule has 35 heavy (non-hydrogen) atoms. The summed E-state index contributed by atoms with van der Waals surface area (Å²) in [5.74, 6) is -0.585. The first-order valence-electron chi connectivity index (χ1n) is 11.2. The number of carbonyl (C=O) groups excluding carboxylic acids is 3. The number of benzene rings is 3. The predicted molar refractivity (Wildman–Crippen MR) is 136 cm³/mol. The maximum Gasteiger partial charge on any atom is 0.331 e. The maximum absolute atomic E-state index is 13.2. The van der Waals surface area contributed by atoms with Crippen molar-refractivity contribution in [3.63, 3.8) is 0 Å². The van der Waals surface area contributed by atoms with E-state index in [0.29, 0.717) is 29.0 Å². The predicted octanol–water partition coefficient (Wildman–Crippen LogP) is 5.69. The normalized spacial score (nSPS) is 14.6. The van der Waals surface area contributed by atoms with E-state index in [2.05, 4.69) is 25.7 Å². The zero-order chi connectivity index (χ0) is 24.7. The van der Waals surface area contributed by atoms with Crippen LogP contribution in [0.3, 0.4) is 0 Å². The molecule has 0 amide bonds. The van der Waals surface area contributed by atoms with E-state index in [-0.39, 0.29) is 30.3 Å². The standard InChI is InChI=1S/C27H21BrN2O5/c1-3-30-22-10-6-17(25(32)16-4-7-18(28)8-5-16)14-20(22)24-23(30)11-9-19-26(33)21(29-35-15(2)31)12-13-34-27(19)24/h4-11,14H,3,12-13H2,1-2H3/b29-21+. The van der Waals surface area contributed by atoms with Crippen LogP contribution in [0.1, 0.15) is 46.5 Å². The summed E-state index contributed by atoms with van der Waals surface area (Å²) >= 11 is 3.40. The molecule has 0 radical (unpaired) electrons. The van der Waals surface area contributed by atoms with Gasteiger partial charge in [-0.3, -0.25) is 9.59 Å². The minimum Gasteiger partial charge on any atom is -0.492 e. The minimum absolute atomic E-state index is 0.0911. The molecule has 0 fully saturated rings. The molecule has 0 bridgehead atoms. The molecule has 2 heterocycles. The molecular weight excluding hydrogens is 512 g/mol. The van der Waals surface area contributed by atoms with Crippen LogP contribution in [-0.2, 0) is 16.2 Å². The summed E-state index contributed by atoms with van der Waals surface area (Å²) < 4.78 is 9.12. The average Bonchev–Trinajstić information content (AvgIpc) is 3.09. The summed E-state index contributed by atoms with van der Waals surface area (Å²) in [5.41, 5.74) is 3.46. The van der Waals surface area contributed by atoms with Gasteiger partial charge in [-0.1, -0.05) is 21.1 Å². The third-order valence-electron chi connectivity index (χ3n) is 6.04. The lowest BCUT2D eigenvalue weighted by Crippen LogP contribution is -2.15. The second kappa shape index (κ2) is 9.11. The number of carbonyl (C=O) groups is 3. The Balaban J connectivity index is 1.71. The number of ketones is 2. The molecule has 8 heteroatoms. The van der Waals surface area contributed by atoms with Crippen LogP contribution in [0.15, 0.2) is 64.2 Å². The first-order chi connectivity index (χ1) is 16.9. The highest BCUT2D eigenvalue weighted by Crippen LogP contribution is 2.40. The summed E-state index contributed by atoms with van der Waals surface area (Å²) in [4.78, 5) is 42.3. The Bertz CT molecular complexity index is 1550. The summed E-state index contributed by atoms with van der Waals surface area (Å²) in [6.07, 6.45) is 0.210. The summed E-state index contributed by atoms with van der Waals surface area (Å²) in [5, 5.41) is 5.35. The molecule has 1 aliphatic heterocycles. The van der Waals surface area contributed by atoms with Gasteiger partial charge in [0.05, 0.1) is 23.1 Å². The lowest BCUT2D eigenvalue weighted by Gasteiger charge is -2.09. The van der Waals surface area contributed by atoms with Crippen LogP contribution < -0.4 is 4.74 Å². The molecule has 0 saturated carbocycles. The van der Waals surface area contributed by atoms with Gasteiger partial charge in [-0.25, -0.2) is 4.79 Å². The number of nitrogens with zero attached hydrogens (tertiary/aromatic N) is 2. The molecule has 0 saturated heterocycles. The van der Waals surface area contributed by atoms with E-state index >= 15 is 0 Å². The van der Waals surface area contributed by atoms with Gasteiger partial charge in [0.2, 0.25) is 5.78 Å². The lowest BCUT2D eigenvalue weighted by molar-refractivity contribution is -0.140. The number of aryl methyl sites for hydroxylation is 1. The van der Waals surface area contributed by atoms with Crippen molar-refractivity contribution in [2.45, 2.75) is 26.8 Å². The van der Waals surface area contributed by atoms with Crippen molar-refractivity contribution in [3.05, 3.63) is 75.8 Å². The van der Waals surface area contributed by atoms with E-state index in [0.717, 1.165) is 26.3 Å². The molecule has 0 unspecified atom stereocenters. The van der Waals surface area contributed by atoms with Crippen molar-refractivity contribution in [3.8, 4) is 5.75 Å². The molecule has 4 aromatic rings. The SMILES string of the molecule is CCn1c2ccc(C(=O)c3ccc(Br)cc3)cc2c2c3c(ccc21)C(=O)/C(=N/OC(C)=O)CCO3. The number of Topliss-reactive ketones (excluding diaryl/α,β-unsaturated/α-hetero) is 1. The second-order valence-corrected chi connectivity index (χ2v) is 9.11. The van der Waals surface area contributed by atoms with Crippen LogP contribution in [0.25, 0.3) is 21.8 Å². The van der Waals surface area contributed by atoms with Gasteiger partial charge in [0, 0.05) is 46.4 Å².